The minimum Gasteiger partial charge on any atom is -0.478 e. The largest absolute Gasteiger partial charge is 0.478 e. The molecule has 1 aromatic heterocycles. The summed E-state index contributed by atoms with van der Waals surface area (Å²) in [6.07, 6.45) is 9.42. The molecule has 0 spiro atoms. The number of carboxylic acids is 2. The van der Waals surface area contributed by atoms with Crippen molar-refractivity contribution in [3.8, 4) is 0 Å². The molecule has 0 aliphatic carbocycles. The highest BCUT2D eigenvalue weighted by molar-refractivity contribution is 5.96. The van der Waals surface area contributed by atoms with Crippen LogP contribution in [0.3, 0.4) is 0 Å². The molecule has 3 N–H and O–H groups in total. The SMILES string of the molecule is CCCCCCCCc1cc2ccccc2[nH]1.Cc1c(C(=O)O)cccc1C(=O)O. The van der Waals surface area contributed by atoms with Crippen molar-refractivity contribution in [1.82, 2.24) is 4.98 Å². The first kappa shape index (κ1) is 23.2. The smallest absolute Gasteiger partial charge is 0.335 e. The lowest BCUT2D eigenvalue weighted by Gasteiger charge is -2.03. The van der Waals surface area contributed by atoms with Crippen molar-refractivity contribution in [3.05, 3.63) is 70.9 Å². The third-order valence-electron chi connectivity index (χ3n) is 5.18. The minimum atomic E-state index is -1.11. The number of para-hydroxylation sites is 1. The fourth-order valence-electron chi connectivity index (χ4n) is 3.46. The van der Waals surface area contributed by atoms with Crippen LogP contribution < -0.4 is 0 Å². The molecular formula is C25H31NO4. The number of carbonyl (C=O) groups is 2. The van der Waals surface area contributed by atoms with E-state index >= 15 is 0 Å². The normalized spacial score (nSPS) is 10.5. The number of benzene rings is 2. The van der Waals surface area contributed by atoms with E-state index in [0.29, 0.717) is 0 Å². The van der Waals surface area contributed by atoms with E-state index in [1.165, 1.54) is 86.7 Å². The lowest BCUT2D eigenvalue weighted by molar-refractivity contribution is 0.0696. The van der Waals surface area contributed by atoms with Gasteiger partial charge < -0.3 is 15.2 Å². The third kappa shape index (κ3) is 6.76. The van der Waals surface area contributed by atoms with E-state index < -0.39 is 11.9 Å². The van der Waals surface area contributed by atoms with Gasteiger partial charge in [0.25, 0.3) is 0 Å². The Morgan fingerprint density at radius 1 is 0.833 bits per heavy atom. The quantitative estimate of drug-likeness (QED) is 0.354. The van der Waals surface area contributed by atoms with E-state index in [-0.39, 0.29) is 16.7 Å². The monoisotopic (exact) mass is 409 g/mol. The van der Waals surface area contributed by atoms with E-state index in [1.54, 1.807) is 0 Å². The molecule has 0 amide bonds. The summed E-state index contributed by atoms with van der Waals surface area (Å²) in [6.45, 7) is 3.75. The minimum absolute atomic E-state index is 0.0277. The van der Waals surface area contributed by atoms with Gasteiger partial charge in [0.1, 0.15) is 0 Å². The number of rotatable bonds is 9. The Morgan fingerprint density at radius 2 is 1.43 bits per heavy atom. The lowest BCUT2D eigenvalue weighted by atomic mass is 10.0. The number of H-pyrrole nitrogens is 1. The average Bonchev–Trinajstić information content (AvgIpc) is 3.13. The molecule has 5 nitrogen and oxygen atoms in total. The van der Waals surface area contributed by atoms with Gasteiger partial charge in [-0.3, -0.25) is 0 Å². The summed E-state index contributed by atoms with van der Waals surface area (Å²) < 4.78 is 0. The summed E-state index contributed by atoms with van der Waals surface area (Å²) in [5.41, 5.74) is 3.00. The molecule has 0 radical (unpaired) electrons. The van der Waals surface area contributed by atoms with Gasteiger partial charge in [-0.1, -0.05) is 63.3 Å². The molecule has 0 bridgehead atoms. The molecule has 0 aliphatic heterocycles. The number of hydrogen-bond acceptors (Lipinski definition) is 2. The van der Waals surface area contributed by atoms with Crippen molar-refractivity contribution in [1.29, 1.82) is 0 Å². The number of nitrogens with one attached hydrogen (secondary N) is 1. The number of unbranched alkanes of at least 4 members (excludes halogenated alkanes) is 5. The lowest BCUT2D eigenvalue weighted by Crippen LogP contribution is -2.06. The van der Waals surface area contributed by atoms with Gasteiger partial charge in [-0.05, 0) is 55.0 Å². The van der Waals surface area contributed by atoms with E-state index in [1.807, 2.05) is 0 Å². The first-order valence-electron chi connectivity index (χ1n) is 10.6. The van der Waals surface area contributed by atoms with Crippen molar-refractivity contribution in [2.75, 3.05) is 0 Å². The topological polar surface area (TPSA) is 90.4 Å². The highest BCUT2D eigenvalue weighted by atomic mass is 16.4. The zero-order chi connectivity index (χ0) is 21.9. The van der Waals surface area contributed by atoms with Crippen molar-refractivity contribution < 1.29 is 19.8 Å². The number of fused-ring (bicyclic) bond motifs is 1. The van der Waals surface area contributed by atoms with Crippen LogP contribution in [0.4, 0.5) is 0 Å². The van der Waals surface area contributed by atoms with Crippen LogP contribution in [0.5, 0.6) is 0 Å². The number of aromatic amines is 1. The number of aromatic nitrogens is 1. The Morgan fingerprint density at radius 3 is 2.03 bits per heavy atom. The van der Waals surface area contributed by atoms with Crippen LogP contribution in [0.25, 0.3) is 10.9 Å². The number of aromatic carboxylic acids is 2. The Labute approximate surface area is 177 Å². The molecule has 0 fully saturated rings. The zero-order valence-corrected chi connectivity index (χ0v) is 17.8. The second kappa shape index (κ2) is 11.8. The summed E-state index contributed by atoms with van der Waals surface area (Å²) in [5.74, 6) is -2.22. The van der Waals surface area contributed by atoms with Gasteiger partial charge in [0, 0.05) is 11.2 Å². The molecule has 0 saturated carbocycles. The van der Waals surface area contributed by atoms with Gasteiger partial charge in [0.15, 0.2) is 0 Å². The molecule has 0 saturated heterocycles. The number of hydrogen-bond donors (Lipinski definition) is 3. The Balaban J connectivity index is 0.000000222. The van der Waals surface area contributed by atoms with Gasteiger partial charge in [-0.25, -0.2) is 9.59 Å². The number of aryl methyl sites for hydroxylation is 1. The molecule has 0 atom stereocenters. The molecule has 5 heteroatoms. The van der Waals surface area contributed by atoms with Gasteiger partial charge in [-0.15, -0.1) is 0 Å². The molecule has 2 aromatic carbocycles. The molecule has 1 heterocycles. The first-order chi connectivity index (χ1) is 14.4. The highest BCUT2D eigenvalue weighted by Crippen LogP contribution is 2.17. The molecular weight excluding hydrogens is 378 g/mol. The van der Waals surface area contributed by atoms with E-state index in [0.717, 1.165) is 0 Å². The second-order valence-electron chi connectivity index (χ2n) is 7.49. The van der Waals surface area contributed by atoms with Crippen LogP contribution in [0, 0.1) is 6.92 Å². The van der Waals surface area contributed by atoms with E-state index in [9.17, 15) is 9.59 Å². The van der Waals surface area contributed by atoms with Crippen LogP contribution in [-0.2, 0) is 6.42 Å². The van der Waals surface area contributed by atoms with Gasteiger partial charge in [0.05, 0.1) is 11.1 Å². The second-order valence-corrected chi connectivity index (χ2v) is 7.49. The van der Waals surface area contributed by atoms with Gasteiger partial charge in [-0.2, -0.15) is 0 Å². The predicted octanol–water partition coefficient (Wildman–Crippen LogP) is 6.46. The fourth-order valence-corrected chi connectivity index (χ4v) is 3.46. The summed E-state index contributed by atoms with van der Waals surface area (Å²) >= 11 is 0. The highest BCUT2D eigenvalue weighted by Gasteiger charge is 2.13. The van der Waals surface area contributed by atoms with E-state index in [4.69, 9.17) is 10.2 Å². The molecule has 30 heavy (non-hydrogen) atoms. The van der Waals surface area contributed by atoms with Crippen molar-refractivity contribution in [3.63, 3.8) is 0 Å². The van der Waals surface area contributed by atoms with Crippen molar-refractivity contribution in [2.45, 2.75) is 58.8 Å². The Kier molecular flexibility index (Phi) is 9.13. The van der Waals surface area contributed by atoms with Crippen LogP contribution in [0.1, 0.15) is 77.4 Å². The van der Waals surface area contributed by atoms with Crippen molar-refractivity contribution >= 4 is 22.8 Å². The third-order valence-corrected chi connectivity index (χ3v) is 5.18. The molecule has 3 rings (SSSR count). The molecule has 0 unspecified atom stereocenters. The maximum atomic E-state index is 10.6. The van der Waals surface area contributed by atoms with E-state index in [2.05, 4.69) is 42.2 Å². The fraction of sp³-hybridized carbons (Fsp3) is 0.360. The standard InChI is InChI=1S/C16H23N.C9H8O4/c1-2-3-4-5-6-7-11-15-13-14-10-8-9-12-16(14)17-15;1-5-6(8(10)11)3-2-4-7(5)9(12)13/h8-10,12-13,17H,2-7,11H2,1H3;2-4H,1H3,(H,10,11)(H,12,13). The summed E-state index contributed by atoms with van der Waals surface area (Å²) in [5, 5.41) is 18.7. The predicted molar refractivity (Wildman–Crippen MR) is 120 cm³/mol. The van der Waals surface area contributed by atoms with Crippen LogP contribution >= 0.6 is 0 Å². The number of carboxylic acid groups (broad SMARTS) is 2. The van der Waals surface area contributed by atoms with Crippen LogP contribution in [0.2, 0.25) is 0 Å². The summed E-state index contributed by atoms with van der Waals surface area (Å²) in [6, 6.07) is 15.0. The van der Waals surface area contributed by atoms with Gasteiger partial charge in [0.2, 0.25) is 0 Å². The Hall–Kier alpha value is -3.08. The average molecular weight is 410 g/mol. The van der Waals surface area contributed by atoms with Crippen molar-refractivity contribution in [2.24, 2.45) is 0 Å². The van der Waals surface area contributed by atoms with Crippen LogP contribution in [-0.4, -0.2) is 27.1 Å². The summed E-state index contributed by atoms with van der Waals surface area (Å²) in [7, 11) is 0. The maximum absolute atomic E-state index is 10.6. The maximum Gasteiger partial charge on any atom is 0.335 e. The zero-order valence-electron chi connectivity index (χ0n) is 17.8. The summed E-state index contributed by atoms with van der Waals surface area (Å²) in [4.78, 5) is 24.7. The molecule has 3 aromatic rings. The molecule has 160 valence electrons. The molecule has 0 aliphatic rings. The van der Waals surface area contributed by atoms with Gasteiger partial charge >= 0.3 is 11.9 Å². The Bertz CT molecular complexity index is 909. The first-order valence-corrected chi connectivity index (χ1v) is 10.6. The van der Waals surface area contributed by atoms with Crippen LogP contribution in [0.15, 0.2) is 48.5 Å².